The molecule has 0 aromatic carbocycles. The molecule has 3 N–H and O–H groups in total. The summed E-state index contributed by atoms with van der Waals surface area (Å²) < 4.78 is 1.50. The number of rotatable bonds is 0. The van der Waals surface area contributed by atoms with Gasteiger partial charge in [0.1, 0.15) is 0 Å². The van der Waals surface area contributed by atoms with Crippen LogP contribution in [-0.2, 0) is 0 Å². The van der Waals surface area contributed by atoms with Crippen LogP contribution in [0, 0.1) is 5.41 Å². The van der Waals surface area contributed by atoms with Gasteiger partial charge in [-0.25, -0.2) is 0 Å². The molecule has 0 spiro atoms. The van der Waals surface area contributed by atoms with E-state index in [0.717, 1.165) is 0 Å². The van der Waals surface area contributed by atoms with Crippen LogP contribution in [0.1, 0.15) is 0 Å². The lowest BCUT2D eigenvalue weighted by Crippen LogP contribution is -2.23. The Morgan fingerprint density at radius 3 is 2.17 bits per heavy atom. The molecule has 0 heterocycles. The van der Waals surface area contributed by atoms with Gasteiger partial charge >= 0.3 is 0 Å². The van der Waals surface area contributed by atoms with Gasteiger partial charge in [-0.3, -0.25) is 8.52 Å². The molecule has 36 valence electrons. The highest BCUT2D eigenvalue weighted by Crippen LogP contribution is 1.86. The van der Waals surface area contributed by atoms with E-state index >= 15 is 0 Å². The zero-order chi connectivity index (χ0) is 5.15. The Morgan fingerprint density at radius 2 is 2.17 bits per heavy atom. The van der Waals surface area contributed by atoms with E-state index in [4.69, 9.17) is 11.1 Å². The first-order valence-electron chi connectivity index (χ1n) is 1.38. The first kappa shape index (κ1) is 6.00. The van der Waals surface area contributed by atoms with Crippen molar-refractivity contribution in [2.24, 2.45) is 5.73 Å². The molecule has 0 atom stereocenters. The summed E-state index contributed by atoms with van der Waals surface area (Å²) in [5, 5.41) is 6.65. The summed E-state index contributed by atoms with van der Waals surface area (Å²) in [7, 11) is 1.71. The van der Waals surface area contributed by atoms with Crippen LogP contribution in [0.5, 0.6) is 0 Å². The molecule has 0 amide bonds. The van der Waals surface area contributed by atoms with E-state index in [9.17, 15) is 0 Å². The number of nitrogens with two attached hydrogens (primary N) is 1. The average Bonchev–Trinajstić information content (AvgIpc) is 1.36. The third kappa shape index (κ3) is 2.25. The Balaban J connectivity index is 3.26. The van der Waals surface area contributed by atoms with Crippen LogP contribution in [0.15, 0.2) is 0 Å². The van der Waals surface area contributed by atoms with Crippen molar-refractivity contribution in [2.45, 2.75) is 0 Å². The van der Waals surface area contributed by atoms with Crippen LogP contribution in [0.25, 0.3) is 0 Å². The number of halogens is 1. The normalized spacial score (nSPS) is 7.67. The zero-order valence-electron chi connectivity index (χ0n) is 3.40. The molecule has 0 fully saturated rings. The van der Waals surface area contributed by atoms with Gasteiger partial charge in [-0.1, -0.05) is 0 Å². The third-order valence-corrected chi connectivity index (χ3v) is 0.852. The fourth-order valence-corrected chi connectivity index (χ4v) is 0. The molecule has 0 aliphatic heterocycles. The van der Waals surface area contributed by atoms with Gasteiger partial charge < -0.3 is 5.73 Å². The fourth-order valence-electron chi connectivity index (χ4n) is 0. The van der Waals surface area contributed by atoms with Crippen molar-refractivity contribution in [3.05, 3.63) is 0 Å². The second-order valence-electron chi connectivity index (χ2n) is 0.862. The maximum absolute atomic E-state index is 6.65. The van der Waals surface area contributed by atoms with Gasteiger partial charge in [-0.2, -0.15) is 0 Å². The lowest BCUT2D eigenvalue weighted by Gasteiger charge is -2.02. The largest absolute Gasteiger partial charge is 0.369 e. The number of guanidine groups is 1. The summed E-state index contributed by atoms with van der Waals surface area (Å²) in [5.74, 6) is 0.0793. The van der Waals surface area contributed by atoms with Gasteiger partial charge in [0.2, 0.25) is 0 Å². The van der Waals surface area contributed by atoms with Crippen LogP contribution in [0.3, 0.4) is 0 Å². The second kappa shape index (κ2) is 2.22. The van der Waals surface area contributed by atoms with Crippen molar-refractivity contribution in [3.8, 4) is 0 Å². The highest BCUT2D eigenvalue weighted by Gasteiger charge is 1.85. The summed E-state index contributed by atoms with van der Waals surface area (Å²) >= 11 is 1.92. The summed E-state index contributed by atoms with van der Waals surface area (Å²) in [4.78, 5) is 0. The topological polar surface area (TPSA) is 53.1 Å². The highest BCUT2D eigenvalue weighted by atomic mass is 127. The van der Waals surface area contributed by atoms with Crippen LogP contribution >= 0.6 is 22.9 Å². The molecule has 0 aromatic heterocycles. The van der Waals surface area contributed by atoms with Gasteiger partial charge in [0.25, 0.3) is 0 Å². The quantitative estimate of drug-likeness (QED) is 0.252. The first-order valence-corrected chi connectivity index (χ1v) is 2.34. The standard InChI is InChI=1S/C2H6IN3/c1-6(3)2(4)5/h1H3,(H3,4,5). The molecular weight excluding hydrogens is 193 g/mol. The molecule has 0 aliphatic rings. The van der Waals surface area contributed by atoms with E-state index in [1.165, 1.54) is 3.11 Å². The van der Waals surface area contributed by atoms with Crippen molar-refractivity contribution in [2.75, 3.05) is 7.05 Å². The van der Waals surface area contributed by atoms with Crippen LogP contribution < -0.4 is 5.73 Å². The Morgan fingerprint density at radius 1 is 2.00 bits per heavy atom. The molecule has 0 saturated heterocycles. The molecule has 3 nitrogen and oxygen atoms in total. The molecule has 6 heavy (non-hydrogen) atoms. The Bertz CT molecular complexity index is 59.8. The Kier molecular flexibility index (Phi) is 2.22. The van der Waals surface area contributed by atoms with E-state index in [0.29, 0.717) is 0 Å². The van der Waals surface area contributed by atoms with E-state index < -0.39 is 0 Å². The van der Waals surface area contributed by atoms with E-state index in [1.54, 1.807) is 7.05 Å². The van der Waals surface area contributed by atoms with E-state index in [-0.39, 0.29) is 5.96 Å². The first-order chi connectivity index (χ1) is 2.64. The molecule has 0 rings (SSSR count). The maximum Gasteiger partial charge on any atom is 0.197 e. The molecular formula is C2H6IN3. The fraction of sp³-hybridized carbons (Fsp3) is 0.500. The molecule has 0 aliphatic carbocycles. The van der Waals surface area contributed by atoms with Gasteiger partial charge in [0.05, 0.1) is 22.9 Å². The Labute approximate surface area is 50.5 Å². The van der Waals surface area contributed by atoms with E-state index in [2.05, 4.69) is 0 Å². The summed E-state index contributed by atoms with van der Waals surface area (Å²) in [6.45, 7) is 0. The number of nitrogens with one attached hydrogen (secondary N) is 1. The Hall–Kier alpha value is 0. The number of nitrogens with zero attached hydrogens (tertiary/aromatic N) is 1. The predicted octanol–water partition coefficient (Wildman–Crippen LogP) is 0.162. The molecule has 0 unspecified atom stereocenters. The predicted molar refractivity (Wildman–Crippen MR) is 33.7 cm³/mol. The molecule has 0 radical (unpaired) electrons. The van der Waals surface area contributed by atoms with Crippen molar-refractivity contribution in [1.82, 2.24) is 3.11 Å². The number of hydrogen-bond acceptors (Lipinski definition) is 1. The van der Waals surface area contributed by atoms with Gasteiger partial charge in [-0.15, -0.1) is 0 Å². The molecule has 0 aromatic rings. The third-order valence-electron chi connectivity index (χ3n) is 0.332. The lowest BCUT2D eigenvalue weighted by atomic mass is 11.0. The lowest BCUT2D eigenvalue weighted by molar-refractivity contribution is 0.878. The highest BCUT2D eigenvalue weighted by molar-refractivity contribution is 14.1. The van der Waals surface area contributed by atoms with Crippen molar-refractivity contribution in [3.63, 3.8) is 0 Å². The maximum atomic E-state index is 6.65. The van der Waals surface area contributed by atoms with Gasteiger partial charge in [0.15, 0.2) is 5.96 Å². The smallest absolute Gasteiger partial charge is 0.197 e. The second-order valence-corrected chi connectivity index (χ2v) is 2.31. The zero-order valence-corrected chi connectivity index (χ0v) is 5.56. The molecule has 0 bridgehead atoms. The van der Waals surface area contributed by atoms with E-state index in [1.807, 2.05) is 22.9 Å². The minimum Gasteiger partial charge on any atom is -0.369 e. The van der Waals surface area contributed by atoms with Crippen molar-refractivity contribution >= 4 is 28.8 Å². The minimum atomic E-state index is 0.0793. The van der Waals surface area contributed by atoms with Crippen LogP contribution in [0.4, 0.5) is 0 Å². The van der Waals surface area contributed by atoms with Gasteiger partial charge in [0, 0.05) is 7.05 Å². The van der Waals surface area contributed by atoms with Crippen LogP contribution in [-0.4, -0.2) is 16.1 Å². The minimum absolute atomic E-state index is 0.0793. The summed E-state index contributed by atoms with van der Waals surface area (Å²) in [6.07, 6.45) is 0. The van der Waals surface area contributed by atoms with Crippen molar-refractivity contribution < 1.29 is 0 Å². The average molecular weight is 199 g/mol. The van der Waals surface area contributed by atoms with Crippen LogP contribution in [0.2, 0.25) is 0 Å². The SMILES string of the molecule is CN(I)C(=N)N. The molecule has 0 saturated carbocycles. The van der Waals surface area contributed by atoms with Crippen molar-refractivity contribution in [1.29, 1.82) is 5.41 Å². The monoisotopic (exact) mass is 199 g/mol. The summed E-state index contributed by atoms with van der Waals surface area (Å²) in [6, 6.07) is 0. The molecule has 4 heteroatoms. The number of hydrogen-bond donors (Lipinski definition) is 2. The summed E-state index contributed by atoms with van der Waals surface area (Å²) in [5.41, 5.74) is 4.94. The van der Waals surface area contributed by atoms with Gasteiger partial charge in [-0.05, 0) is 0 Å².